The van der Waals surface area contributed by atoms with Crippen molar-refractivity contribution in [2.24, 2.45) is 0 Å². The fourth-order valence-corrected chi connectivity index (χ4v) is 2.51. The van der Waals surface area contributed by atoms with Crippen LogP contribution in [0.2, 0.25) is 0 Å². The number of rotatable bonds is 1. The Kier molecular flexibility index (Phi) is 3.11. The van der Waals surface area contributed by atoms with Crippen molar-refractivity contribution in [2.45, 2.75) is 39.0 Å². The lowest BCUT2D eigenvalue weighted by Gasteiger charge is -2.29. The van der Waals surface area contributed by atoms with E-state index in [-0.39, 0.29) is 5.41 Å². The molecule has 0 aromatic heterocycles. The quantitative estimate of drug-likeness (QED) is 0.719. The third-order valence-electron chi connectivity index (χ3n) is 3.23. The molecule has 1 aromatic carbocycles. The van der Waals surface area contributed by atoms with Crippen LogP contribution in [0.4, 0.5) is 14.5 Å². The van der Waals surface area contributed by atoms with E-state index in [0.717, 1.165) is 37.7 Å². The Morgan fingerprint density at radius 3 is 2.18 bits per heavy atom. The predicted molar refractivity (Wildman–Crippen MR) is 66.5 cm³/mol. The average Bonchev–Trinajstić information content (AvgIpc) is 2.65. The van der Waals surface area contributed by atoms with Gasteiger partial charge in [-0.25, -0.2) is 8.78 Å². The highest BCUT2D eigenvalue weighted by Gasteiger charge is 2.27. The molecule has 17 heavy (non-hydrogen) atoms. The van der Waals surface area contributed by atoms with E-state index in [1.165, 1.54) is 6.07 Å². The van der Waals surface area contributed by atoms with E-state index in [9.17, 15) is 8.78 Å². The molecular formula is C14H19F2N. The van der Waals surface area contributed by atoms with Gasteiger partial charge in [0.25, 0.3) is 0 Å². The third-order valence-corrected chi connectivity index (χ3v) is 3.23. The molecule has 0 spiro atoms. The fraction of sp³-hybridized carbons (Fsp3) is 0.571. The summed E-state index contributed by atoms with van der Waals surface area (Å²) in [6, 6.07) is 2.45. The second kappa shape index (κ2) is 4.28. The summed E-state index contributed by atoms with van der Waals surface area (Å²) in [7, 11) is 0. The van der Waals surface area contributed by atoms with Crippen molar-refractivity contribution in [1.82, 2.24) is 0 Å². The number of benzene rings is 1. The zero-order chi connectivity index (χ0) is 12.6. The van der Waals surface area contributed by atoms with Gasteiger partial charge in [-0.1, -0.05) is 20.8 Å². The van der Waals surface area contributed by atoms with E-state index in [2.05, 4.69) is 4.90 Å². The van der Waals surface area contributed by atoms with Crippen LogP contribution >= 0.6 is 0 Å². The van der Waals surface area contributed by atoms with Crippen LogP contribution < -0.4 is 4.90 Å². The second-order valence-electron chi connectivity index (χ2n) is 5.73. The summed E-state index contributed by atoms with van der Waals surface area (Å²) < 4.78 is 27.4. The summed E-state index contributed by atoms with van der Waals surface area (Å²) in [5, 5.41) is 0. The SMILES string of the molecule is CC(C)(C)c1c(F)cc(F)cc1N1CCCC1. The van der Waals surface area contributed by atoms with Crippen LogP contribution in [0.1, 0.15) is 39.2 Å². The maximum Gasteiger partial charge on any atom is 0.131 e. The molecule has 3 heteroatoms. The molecule has 1 saturated heterocycles. The monoisotopic (exact) mass is 239 g/mol. The minimum Gasteiger partial charge on any atom is -0.371 e. The molecule has 1 nitrogen and oxygen atoms in total. The minimum absolute atomic E-state index is 0.310. The minimum atomic E-state index is -0.489. The van der Waals surface area contributed by atoms with E-state index in [1.54, 1.807) is 0 Å². The van der Waals surface area contributed by atoms with Gasteiger partial charge in [0.15, 0.2) is 0 Å². The Hall–Kier alpha value is -1.12. The average molecular weight is 239 g/mol. The first-order valence-corrected chi connectivity index (χ1v) is 6.14. The topological polar surface area (TPSA) is 3.24 Å². The summed E-state index contributed by atoms with van der Waals surface area (Å²) in [6.45, 7) is 7.67. The molecule has 0 aliphatic carbocycles. The molecule has 94 valence electrons. The Balaban J connectivity index is 2.54. The predicted octanol–water partition coefficient (Wildman–Crippen LogP) is 3.86. The summed E-state index contributed by atoms with van der Waals surface area (Å²) in [5.74, 6) is -0.920. The summed E-state index contributed by atoms with van der Waals surface area (Å²) in [4.78, 5) is 2.09. The molecule has 0 radical (unpaired) electrons. The van der Waals surface area contributed by atoms with Crippen molar-refractivity contribution in [3.63, 3.8) is 0 Å². The van der Waals surface area contributed by atoms with Gasteiger partial charge in [-0.15, -0.1) is 0 Å². The van der Waals surface area contributed by atoms with E-state index >= 15 is 0 Å². The van der Waals surface area contributed by atoms with Gasteiger partial charge in [0.05, 0.1) is 0 Å². The van der Waals surface area contributed by atoms with Gasteiger partial charge in [-0.3, -0.25) is 0 Å². The van der Waals surface area contributed by atoms with Crippen molar-refractivity contribution in [3.05, 3.63) is 29.3 Å². The van der Waals surface area contributed by atoms with Crippen LogP contribution in [0, 0.1) is 11.6 Å². The molecule has 1 aromatic rings. The zero-order valence-corrected chi connectivity index (χ0v) is 10.7. The van der Waals surface area contributed by atoms with Gasteiger partial charge in [0, 0.05) is 30.4 Å². The maximum atomic E-state index is 14.0. The number of hydrogen-bond acceptors (Lipinski definition) is 1. The zero-order valence-electron chi connectivity index (χ0n) is 10.7. The molecular weight excluding hydrogens is 220 g/mol. The highest BCUT2D eigenvalue weighted by atomic mass is 19.1. The molecule has 0 N–H and O–H groups in total. The van der Waals surface area contributed by atoms with Crippen molar-refractivity contribution in [3.8, 4) is 0 Å². The van der Waals surface area contributed by atoms with Gasteiger partial charge in [-0.05, 0) is 24.3 Å². The highest BCUT2D eigenvalue weighted by molar-refractivity contribution is 5.57. The Morgan fingerprint density at radius 1 is 1.06 bits per heavy atom. The summed E-state index contributed by atoms with van der Waals surface area (Å²) >= 11 is 0. The van der Waals surface area contributed by atoms with Crippen molar-refractivity contribution < 1.29 is 8.78 Å². The third kappa shape index (κ3) is 2.43. The Labute approximate surface area is 101 Å². The number of nitrogens with zero attached hydrogens (tertiary/aromatic N) is 1. The molecule has 2 rings (SSSR count). The molecule has 1 heterocycles. The van der Waals surface area contributed by atoms with Gasteiger partial charge < -0.3 is 4.90 Å². The molecule has 1 fully saturated rings. The first kappa shape index (κ1) is 12.3. The van der Waals surface area contributed by atoms with E-state index in [0.29, 0.717) is 5.56 Å². The van der Waals surface area contributed by atoms with Gasteiger partial charge in [-0.2, -0.15) is 0 Å². The maximum absolute atomic E-state index is 14.0. The van der Waals surface area contributed by atoms with Crippen LogP contribution in [-0.2, 0) is 5.41 Å². The highest BCUT2D eigenvalue weighted by Crippen LogP contribution is 2.36. The molecule has 0 bridgehead atoms. The largest absolute Gasteiger partial charge is 0.371 e. The second-order valence-corrected chi connectivity index (χ2v) is 5.73. The normalized spacial score (nSPS) is 16.6. The van der Waals surface area contributed by atoms with E-state index in [1.807, 2.05) is 20.8 Å². The number of halogens is 2. The standard InChI is InChI=1S/C14H19F2N/c1-14(2,3)13-11(16)8-10(15)9-12(13)17-6-4-5-7-17/h8-9H,4-7H2,1-3H3. The van der Waals surface area contributed by atoms with Crippen LogP contribution in [0.25, 0.3) is 0 Å². The van der Waals surface area contributed by atoms with E-state index < -0.39 is 11.6 Å². The molecule has 0 atom stereocenters. The van der Waals surface area contributed by atoms with Crippen LogP contribution in [0.3, 0.4) is 0 Å². The van der Waals surface area contributed by atoms with Gasteiger partial charge in [0.2, 0.25) is 0 Å². The van der Waals surface area contributed by atoms with E-state index in [4.69, 9.17) is 0 Å². The molecule has 1 aliphatic heterocycles. The smallest absolute Gasteiger partial charge is 0.131 e. The molecule has 0 saturated carbocycles. The lowest BCUT2D eigenvalue weighted by Crippen LogP contribution is -2.25. The molecule has 0 amide bonds. The number of anilines is 1. The summed E-state index contributed by atoms with van der Waals surface area (Å²) in [6.07, 6.45) is 2.20. The lowest BCUT2D eigenvalue weighted by molar-refractivity contribution is 0.510. The van der Waals surface area contributed by atoms with Gasteiger partial charge >= 0.3 is 0 Å². The summed E-state index contributed by atoms with van der Waals surface area (Å²) in [5.41, 5.74) is 1.05. The number of hydrogen-bond donors (Lipinski definition) is 0. The lowest BCUT2D eigenvalue weighted by atomic mass is 9.85. The first-order chi connectivity index (χ1) is 7.89. The Morgan fingerprint density at radius 2 is 1.65 bits per heavy atom. The van der Waals surface area contributed by atoms with Crippen molar-refractivity contribution >= 4 is 5.69 Å². The van der Waals surface area contributed by atoms with Crippen LogP contribution in [-0.4, -0.2) is 13.1 Å². The van der Waals surface area contributed by atoms with Gasteiger partial charge in [0.1, 0.15) is 11.6 Å². The first-order valence-electron chi connectivity index (χ1n) is 6.14. The molecule has 0 unspecified atom stereocenters. The van der Waals surface area contributed by atoms with Crippen LogP contribution in [0.15, 0.2) is 12.1 Å². The fourth-order valence-electron chi connectivity index (χ4n) is 2.51. The van der Waals surface area contributed by atoms with Crippen molar-refractivity contribution in [1.29, 1.82) is 0 Å². The van der Waals surface area contributed by atoms with Crippen molar-refractivity contribution in [2.75, 3.05) is 18.0 Å². The molecule has 1 aliphatic rings. The van der Waals surface area contributed by atoms with Crippen LogP contribution in [0.5, 0.6) is 0 Å². The Bertz CT molecular complexity index is 415.